The third-order valence-electron chi connectivity index (χ3n) is 2.13. The Morgan fingerprint density at radius 1 is 1.50 bits per heavy atom. The zero-order valence-corrected chi connectivity index (χ0v) is 9.24. The van der Waals surface area contributed by atoms with Crippen LogP contribution in [0.15, 0.2) is 27.9 Å². The van der Waals surface area contributed by atoms with Crippen LogP contribution in [0.5, 0.6) is 0 Å². The molecule has 14 heavy (non-hydrogen) atoms. The van der Waals surface area contributed by atoms with Crippen LogP contribution >= 0.6 is 15.9 Å². The lowest BCUT2D eigenvalue weighted by atomic mass is 10.3. The van der Waals surface area contributed by atoms with Gasteiger partial charge in [-0.3, -0.25) is 4.99 Å². The fourth-order valence-corrected chi connectivity index (χ4v) is 1.61. The third kappa shape index (κ3) is 2.04. The molecule has 2 N–H and O–H groups in total. The van der Waals surface area contributed by atoms with Crippen molar-refractivity contribution in [3.05, 3.63) is 28.5 Å². The summed E-state index contributed by atoms with van der Waals surface area (Å²) < 4.78 is 0.851. The van der Waals surface area contributed by atoms with Crippen molar-refractivity contribution in [3.63, 3.8) is 0 Å². The van der Waals surface area contributed by atoms with Crippen LogP contribution in [0, 0.1) is 0 Å². The number of nitrogens with zero attached hydrogens (tertiary/aromatic N) is 3. The molecule has 0 fully saturated rings. The van der Waals surface area contributed by atoms with E-state index in [-0.39, 0.29) is 0 Å². The summed E-state index contributed by atoms with van der Waals surface area (Å²) in [5.41, 5.74) is 6.85. The van der Waals surface area contributed by atoms with Crippen LogP contribution < -0.4 is 5.73 Å². The Hall–Kier alpha value is -1.10. The van der Waals surface area contributed by atoms with Gasteiger partial charge in [-0.1, -0.05) is 6.07 Å². The number of guanidine groups is 1. The molecular weight excluding hydrogens is 244 g/mol. The monoisotopic (exact) mass is 254 g/mol. The Balaban J connectivity index is 2.04. The number of rotatable bonds is 2. The summed E-state index contributed by atoms with van der Waals surface area (Å²) in [7, 11) is 0. The van der Waals surface area contributed by atoms with Gasteiger partial charge in [0.25, 0.3) is 0 Å². The summed E-state index contributed by atoms with van der Waals surface area (Å²) >= 11 is 3.30. The summed E-state index contributed by atoms with van der Waals surface area (Å²) in [4.78, 5) is 10.3. The van der Waals surface area contributed by atoms with Gasteiger partial charge in [-0.2, -0.15) is 0 Å². The van der Waals surface area contributed by atoms with E-state index in [1.807, 2.05) is 23.2 Å². The van der Waals surface area contributed by atoms with Crippen molar-refractivity contribution in [2.24, 2.45) is 10.7 Å². The van der Waals surface area contributed by atoms with Crippen molar-refractivity contribution in [3.8, 4) is 0 Å². The second-order valence-electron chi connectivity index (χ2n) is 3.15. The van der Waals surface area contributed by atoms with Crippen molar-refractivity contribution in [1.82, 2.24) is 9.88 Å². The lowest BCUT2D eigenvalue weighted by molar-refractivity contribution is 0.447. The quantitative estimate of drug-likeness (QED) is 0.801. The molecule has 0 amide bonds. The van der Waals surface area contributed by atoms with E-state index in [1.165, 1.54) is 0 Å². The number of nitrogens with two attached hydrogens (primary N) is 1. The predicted molar refractivity (Wildman–Crippen MR) is 58.8 cm³/mol. The van der Waals surface area contributed by atoms with E-state index in [0.29, 0.717) is 5.96 Å². The minimum absolute atomic E-state index is 0.632. The lowest BCUT2D eigenvalue weighted by Crippen LogP contribution is -2.33. The predicted octanol–water partition coefficient (Wildman–Crippen LogP) is 0.974. The number of hydrogen-bond acceptors (Lipinski definition) is 4. The molecule has 74 valence electrons. The lowest BCUT2D eigenvalue weighted by Gasteiger charge is -2.16. The van der Waals surface area contributed by atoms with Gasteiger partial charge in [-0.25, -0.2) is 4.98 Å². The van der Waals surface area contributed by atoms with Crippen LogP contribution in [0.25, 0.3) is 0 Å². The molecule has 1 aliphatic heterocycles. The Bertz CT molecular complexity index is 346. The highest BCUT2D eigenvalue weighted by Crippen LogP contribution is 2.10. The summed E-state index contributed by atoms with van der Waals surface area (Å²) in [5, 5.41) is 0. The maximum atomic E-state index is 5.70. The van der Waals surface area contributed by atoms with E-state index < -0.39 is 0 Å². The van der Waals surface area contributed by atoms with E-state index in [9.17, 15) is 0 Å². The molecule has 0 spiro atoms. The average molecular weight is 255 g/mol. The molecule has 0 saturated heterocycles. The summed E-state index contributed by atoms with van der Waals surface area (Å²) in [6.07, 6.45) is 1.84. The Kier molecular flexibility index (Phi) is 2.67. The highest BCUT2D eigenvalue weighted by molar-refractivity contribution is 9.10. The molecule has 0 radical (unpaired) electrons. The van der Waals surface area contributed by atoms with E-state index >= 15 is 0 Å². The largest absolute Gasteiger partial charge is 0.370 e. The van der Waals surface area contributed by atoms with Gasteiger partial charge in [0, 0.05) is 19.3 Å². The first kappa shape index (κ1) is 9.45. The van der Waals surface area contributed by atoms with E-state index in [0.717, 1.165) is 29.8 Å². The van der Waals surface area contributed by atoms with Gasteiger partial charge < -0.3 is 10.6 Å². The van der Waals surface area contributed by atoms with E-state index in [2.05, 4.69) is 25.9 Å². The smallest absolute Gasteiger partial charge is 0.191 e. The number of aliphatic imine (C=N–C) groups is 1. The molecule has 0 bridgehead atoms. The molecule has 0 unspecified atom stereocenters. The fraction of sp³-hybridized carbons (Fsp3) is 0.333. The van der Waals surface area contributed by atoms with Gasteiger partial charge in [0.2, 0.25) is 0 Å². The summed E-state index contributed by atoms with van der Waals surface area (Å²) in [5.74, 6) is 0.632. The topological polar surface area (TPSA) is 54.5 Å². The van der Waals surface area contributed by atoms with Crippen LogP contribution in [-0.4, -0.2) is 28.9 Å². The molecular formula is C9H11BrN4. The van der Waals surface area contributed by atoms with Gasteiger partial charge in [0.1, 0.15) is 4.60 Å². The van der Waals surface area contributed by atoms with Crippen LogP contribution in [0.3, 0.4) is 0 Å². The average Bonchev–Trinajstić information content (AvgIpc) is 2.56. The molecule has 1 aliphatic rings. The van der Waals surface area contributed by atoms with Crippen LogP contribution in [0.1, 0.15) is 5.56 Å². The highest BCUT2D eigenvalue weighted by Gasteiger charge is 2.13. The summed E-state index contributed by atoms with van der Waals surface area (Å²) in [6, 6.07) is 3.96. The molecule has 2 heterocycles. The molecule has 0 aromatic carbocycles. The van der Waals surface area contributed by atoms with Crippen molar-refractivity contribution in [1.29, 1.82) is 0 Å². The number of halogens is 1. The van der Waals surface area contributed by atoms with Crippen LogP contribution in [-0.2, 0) is 6.54 Å². The van der Waals surface area contributed by atoms with Gasteiger partial charge in [0.05, 0.1) is 6.54 Å². The molecule has 1 aromatic rings. The molecule has 0 saturated carbocycles. The summed E-state index contributed by atoms with van der Waals surface area (Å²) in [6.45, 7) is 2.49. The standard InChI is InChI=1S/C9H11BrN4/c10-8-2-1-7(5-13-8)6-14-4-3-12-9(14)11/h1-2,5H,3-4,6H2,(H2,11,12). The highest BCUT2D eigenvalue weighted by atomic mass is 79.9. The second kappa shape index (κ2) is 3.96. The van der Waals surface area contributed by atoms with E-state index in [1.54, 1.807) is 0 Å². The van der Waals surface area contributed by atoms with Crippen LogP contribution in [0.2, 0.25) is 0 Å². The van der Waals surface area contributed by atoms with Gasteiger partial charge in [-0.15, -0.1) is 0 Å². The Morgan fingerprint density at radius 2 is 2.36 bits per heavy atom. The zero-order chi connectivity index (χ0) is 9.97. The SMILES string of the molecule is NC1=NCCN1Cc1ccc(Br)nc1. The molecule has 4 nitrogen and oxygen atoms in total. The van der Waals surface area contributed by atoms with Gasteiger partial charge in [0.15, 0.2) is 5.96 Å². The van der Waals surface area contributed by atoms with Crippen molar-refractivity contribution < 1.29 is 0 Å². The fourth-order valence-electron chi connectivity index (χ4n) is 1.38. The van der Waals surface area contributed by atoms with Gasteiger partial charge >= 0.3 is 0 Å². The maximum Gasteiger partial charge on any atom is 0.191 e. The Morgan fingerprint density at radius 3 is 2.93 bits per heavy atom. The Labute approximate surface area is 91.0 Å². The van der Waals surface area contributed by atoms with Crippen molar-refractivity contribution in [2.45, 2.75) is 6.54 Å². The second-order valence-corrected chi connectivity index (χ2v) is 3.96. The first-order valence-electron chi connectivity index (χ1n) is 4.41. The van der Waals surface area contributed by atoms with Crippen molar-refractivity contribution in [2.75, 3.05) is 13.1 Å². The minimum atomic E-state index is 0.632. The molecule has 0 aliphatic carbocycles. The third-order valence-corrected chi connectivity index (χ3v) is 2.60. The molecule has 0 atom stereocenters. The molecule has 1 aromatic heterocycles. The molecule has 2 rings (SSSR count). The normalized spacial score (nSPS) is 15.8. The molecule has 5 heteroatoms. The number of pyridine rings is 1. The van der Waals surface area contributed by atoms with Crippen LogP contribution in [0.4, 0.5) is 0 Å². The minimum Gasteiger partial charge on any atom is -0.370 e. The van der Waals surface area contributed by atoms with Gasteiger partial charge in [-0.05, 0) is 27.6 Å². The van der Waals surface area contributed by atoms with Crippen molar-refractivity contribution >= 4 is 21.9 Å². The van der Waals surface area contributed by atoms with E-state index in [4.69, 9.17) is 5.73 Å². The number of aromatic nitrogens is 1. The first-order chi connectivity index (χ1) is 6.75. The maximum absolute atomic E-state index is 5.70. The first-order valence-corrected chi connectivity index (χ1v) is 5.20. The number of hydrogen-bond donors (Lipinski definition) is 1. The zero-order valence-electron chi connectivity index (χ0n) is 7.65.